The van der Waals surface area contributed by atoms with Crippen LogP contribution in [0.15, 0.2) is 53.6 Å². The first-order valence-electron chi connectivity index (χ1n) is 8.88. The number of methoxy groups -OCH3 is 1. The van der Waals surface area contributed by atoms with Gasteiger partial charge in [0.15, 0.2) is 0 Å². The number of hydrogen-bond donors (Lipinski definition) is 1. The standard InChI is InChI=1S/C21H23N3O3/c1-14(2)12-24-13-22-19-9-6-16(11-18(19)21(24)26)23-20(25)10-15-4-7-17(27-3)8-5-15/h4-9,11,13-14H,10,12H2,1-3H3,(H,23,25). The maximum atomic E-state index is 12.7. The summed E-state index contributed by atoms with van der Waals surface area (Å²) in [4.78, 5) is 29.3. The molecule has 0 radical (unpaired) electrons. The predicted molar refractivity (Wildman–Crippen MR) is 106 cm³/mol. The number of benzene rings is 2. The molecule has 1 heterocycles. The number of carbonyl (C=O) groups is 1. The van der Waals surface area contributed by atoms with Crippen molar-refractivity contribution in [2.24, 2.45) is 5.92 Å². The summed E-state index contributed by atoms with van der Waals surface area (Å²) in [6.45, 7) is 4.70. The molecule has 0 fully saturated rings. The smallest absolute Gasteiger partial charge is 0.261 e. The van der Waals surface area contributed by atoms with Crippen molar-refractivity contribution in [2.45, 2.75) is 26.8 Å². The first kappa shape index (κ1) is 18.6. The molecule has 3 rings (SSSR count). The summed E-state index contributed by atoms with van der Waals surface area (Å²) in [6, 6.07) is 12.5. The molecule has 0 aliphatic rings. The number of carbonyl (C=O) groups excluding carboxylic acids is 1. The second-order valence-electron chi connectivity index (χ2n) is 6.90. The first-order chi connectivity index (χ1) is 13.0. The number of anilines is 1. The van der Waals surface area contributed by atoms with Crippen molar-refractivity contribution in [3.05, 3.63) is 64.7 Å². The molecule has 1 aromatic heterocycles. The fourth-order valence-electron chi connectivity index (χ4n) is 2.89. The summed E-state index contributed by atoms with van der Waals surface area (Å²) >= 11 is 0. The number of nitrogens with one attached hydrogen (secondary N) is 1. The second-order valence-corrected chi connectivity index (χ2v) is 6.90. The van der Waals surface area contributed by atoms with Gasteiger partial charge in [-0.05, 0) is 41.8 Å². The summed E-state index contributed by atoms with van der Waals surface area (Å²) < 4.78 is 6.72. The van der Waals surface area contributed by atoms with Crippen LogP contribution in [0.4, 0.5) is 5.69 Å². The normalized spacial score (nSPS) is 11.0. The van der Waals surface area contributed by atoms with Gasteiger partial charge in [0, 0.05) is 12.2 Å². The first-order valence-corrected chi connectivity index (χ1v) is 8.88. The molecule has 0 spiro atoms. The van der Waals surface area contributed by atoms with Gasteiger partial charge in [0.2, 0.25) is 5.91 Å². The molecule has 2 aromatic carbocycles. The third-order valence-electron chi connectivity index (χ3n) is 4.19. The average Bonchev–Trinajstić information content (AvgIpc) is 2.64. The molecule has 27 heavy (non-hydrogen) atoms. The lowest BCUT2D eigenvalue weighted by Crippen LogP contribution is -2.23. The Morgan fingerprint density at radius 3 is 2.59 bits per heavy atom. The topological polar surface area (TPSA) is 73.2 Å². The minimum atomic E-state index is -0.147. The van der Waals surface area contributed by atoms with Crippen LogP contribution in [0.25, 0.3) is 10.9 Å². The van der Waals surface area contributed by atoms with Gasteiger partial charge in [-0.2, -0.15) is 0 Å². The van der Waals surface area contributed by atoms with Crippen LogP contribution in [-0.2, 0) is 17.8 Å². The van der Waals surface area contributed by atoms with Crippen LogP contribution in [0.3, 0.4) is 0 Å². The van der Waals surface area contributed by atoms with Crippen molar-refractivity contribution in [3.8, 4) is 5.75 Å². The van der Waals surface area contributed by atoms with Crippen molar-refractivity contribution in [2.75, 3.05) is 12.4 Å². The molecule has 0 aliphatic carbocycles. The molecule has 0 bridgehead atoms. The lowest BCUT2D eigenvalue weighted by molar-refractivity contribution is -0.115. The number of rotatable bonds is 6. The van der Waals surface area contributed by atoms with Crippen molar-refractivity contribution in [1.82, 2.24) is 9.55 Å². The van der Waals surface area contributed by atoms with E-state index in [1.165, 1.54) is 0 Å². The Labute approximate surface area is 157 Å². The molecule has 0 unspecified atom stereocenters. The predicted octanol–water partition coefficient (Wildman–Crippen LogP) is 3.24. The maximum Gasteiger partial charge on any atom is 0.261 e. The minimum absolute atomic E-state index is 0.0973. The van der Waals surface area contributed by atoms with E-state index in [2.05, 4.69) is 10.3 Å². The van der Waals surface area contributed by atoms with Crippen LogP contribution in [0.5, 0.6) is 5.75 Å². The van der Waals surface area contributed by atoms with E-state index >= 15 is 0 Å². The van der Waals surface area contributed by atoms with Crippen LogP contribution >= 0.6 is 0 Å². The third-order valence-corrected chi connectivity index (χ3v) is 4.19. The second kappa shape index (κ2) is 8.03. The van der Waals surface area contributed by atoms with E-state index in [1.54, 1.807) is 36.2 Å². The van der Waals surface area contributed by atoms with Crippen LogP contribution < -0.4 is 15.6 Å². The molecule has 0 saturated heterocycles. The van der Waals surface area contributed by atoms with Gasteiger partial charge in [-0.3, -0.25) is 14.2 Å². The van der Waals surface area contributed by atoms with Gasteiger partial charge in [-0.15, -0.1) is 0 Å². The highest BCUT2D eigenvalue weighted by Crippen LogP contribution is 2.16. The zero-order valence-corrected chi connectivity index (χ0v) is 15.7. The van der Waals surface area contributed by atoms with Crippen molar-refractivity contribution in [3.63, 3.8) is 0 Å². The quantitative estimate of drug-likeness (QED) is 0.728. The molecule has 0 saturated carbocycles. The largest absolute Gasteiger partial charge is 0.497 e. The molecular weight excluding hydrogens is 342 g/mol. The molecule has 1 N–H and O–H groups in total. The summed E-state index contributed by atoms with van der Waals surface area (Å²) in [5, 5.41) is 3.35. The molecule has 1 amide bonds. The summed E-state index contributed by atoms with van der Waals surface area (Å²) in [5.74, 6) is 0.944. The fourth-order valence-corrected chi connectivity index (χ4v) is 2.89. The lowest BCUT2D eigenvalue weighted by atomic mass is 10.1. The Kier molecular flexibility index (Phi) is 5.54. The number of hydrogen-bond acceptors (Lipinski definition) is 4. The molecule has 6 heteroatoms. The Hall–Kier alpha value is -3.15. The van der Waals surface area contributed by atoms with Gasteiger partial charge in [0.1, 0.15) is 5.75 Å². The molecule has 3 aromatic rings. The van der Waals surface area contributed by atoms with Gasteiger partial charge >= 0.3 is 0 Å². The third kappa shape index (κ3) is 4.53. The van der Waals surface area contributed by atoms with Gasteiger partial charge in [-0.25, -0.2) is 4.98 Å². The Balaban J connectivity index is 1.78. The Bertz CT molecular complexity index is 1010. The highest BCUT2D eigenvalue weighted by atomic mass is 16.5. The number of fused-ring (bicyclic) bond motifs is 1. The van der Waals surface area contributed by atoms with Crippen molar-refractivity contribution in [1.29, 1.82) is 0 Å². The van der Waals surface area contributed by atoms with E-state index < -0.39 is 0 Å². The molecule has 6 nitrogen and oxygen atoms in total. The van der Waals surface area contributed by atoms with E-state index in [1.807, 2.05) is 38.1 Å². The van der Waals surface area contributed by atoms with E-state index in [4.69, 9.17) is 4.74 Å². The van der Waals surface area contributed by atoms with Gasteiger partial charge in [-0.1, -0.05) is 26.0 Å². The Morgan fingerprint density at radius 2 is 1.93 bits per heavy atom. The zero-order chi connectivity index (χ0) is 19.4. The number of ether oxygens (including phenoxy) is 1. The van der Waals surface area contributed by atoms with Gasteiger partial charge in [0.05, 0.1) is 30.8 Å². The lowest BCUT2D eigenvalue weighted by Gasteiger charge is -2.10. The Morgan fingerprint density at radius 1 is 1.19 bits per heavy atom. The SMILES string of the molecule is COc1ccc(CC(=O)Nc2ccc3ncn(CC(C)C)c(=O)c3c2)cc1. The van der Waals surface area contributed by atoms with Crippen molar-refractivity contribution >= 4 is 22.5 Å². The number of aromatic nitrogens is 2. The monoisotopic (exact) mass is 365 g/mol. The summed E-state index contributed by atoms with van der Waals surface area (Å²) in [6.07, 6.45) is 1.82. The molecule has 0 aliphatic heterocycles. The zero-order valence-electron chi connectivity index (χ0n) is 15.7. The van der Waals surface area contributed by atoms with Gasteiger partial charge in [0.25, 0.3) is 5.56 Å². The van der Waals surface area contributed by atoms with Crippen LogP contribution in [0, 0.1) is 5.92 Å². The average molecular weight is 365 g/mol. The van der Waals surface area contributed by atoms with Crippen LogP contribution in [0.2, 0.25) is 0 Å². The van der Waals surface area contributed by atoms with E-state index in [0.29, 0.717) is 29.1 Å². The van der Waals surface area contributed by atoms with Gasteiger partial charge < -0.3 is 10.1 Å². The van der Waals surface area contributed by atoms with E-state index in [9.17, 15) is 9.59 Å². The maximum absolute atomic E-state index is 12.7. The summed E-state index contributed by atoms with van der Waals surface area (Å²) in [7, 11) is 1.60. The highest BCUT2D eigenvalue weighted by molar-refractivity contribution is 5.94. The van der Waals surface area contributed by atoms with Crippen LogP contribution in [-0.4, -0.2) is 22.6 Å². The fraction of sp³-hybridized carbons (Fsp3) is 0.286. The highest BCUT2D eigenvalue weighted by Gasteiger charge is 2.09. The van der Waals surface area contributed by atoms with E-state index in [0.717, 1.165) is 11.3 Å². The number of amides is 1. The molecule has 140 valence electrons. The van der Waals surface area contributed by atoms with E-state index in [-0.39, 0.29) is 17.9 Å². The van der Waals surface area contributed by atoms with Crippen molar-refractivity contribution < 1.29 is 9.53 Å². The molecule has 0 atom stereocenters. The minimum Gasteiger partial charge on any atom is -0.497 e. The number of nitrogens with zero attached hydrogens (tertiary/aromatic N) is 2. The van der Waals surface area contributed by atoms with Crippen LogP contribution in [0.1, 0.15) is 19.4 Å². The molecular formula is C21H23N3O3. The summed E-state index contributed by atoms with van der Waals surface area (Å²) in [5.41, 5.74) is 1.99.